The van der Waals surface area contributed by atoms with Crippen molar-refractivity contribution in [1.82, 2.24) is 9.62 Å². The summed E-state index contributed by atoms with van der Waals surface area (Å²) in [5.74, 6) is 0. The van der Waals surface area contributed by atoms with Crippen molar-refractivity contribution in [2.45, 2.75) is 19.5 Å². The van der Waals surface area contributed by atoms with Crippen LogP contribution >= 0.6 is 0 Å². The number of hydrogen-bond donors (Lipinski definition) is 1. The molecule has 0 fully saturated rings. The highest BCUT2D eigenvalue weighted by molar-refractivity contribution is 7.88. The third-order valence-corrected chi connectivity index (χ3v) is 2.06. The number of nitrogens with zero attached hydrogens (tertiary/aromatic N) is 1. The summed E-state index contributed by atoms with van der Waals surface area (Å²) in [7, 11) is 0.607. The first kappa shape index (κ1) is 10.9. The minimum atomic E-state index is -3.07. The van der Waals surface area contributed by atoms with E-state index < -0.39 is 10.0 Å². The average Bonchev–Trinajstić information content (AvgIpc) is 1.80. The van der Waals surface area contributed by atoms with Crippen molar-refractivity contribution >= 4 is 10.0 Å². The van der Waals surface area contributed by atoms with E-state index in [9.17, 15) is 8.42 Å². The van der Waals surface area contributed by atoms with E-state index in [-0.39, 0.29) is 6.17 Å². The van der Waals surface area contributed by atoms with E-state index in [1.54, 1.807) is 0 Å². The van der Waals surface area contributed by atoms with Crippen molar-refractivity contribution in [3.8, 4) is 0 Å². The van der Waals surface area contributed by atoms with Gasteiger partial charge in [0, 0.05) is 0 Å². The predicted octanol–water partition coefficient (Wildman–Crippen LogP) is -0.167. The molecular weight excluding hydrogens is 164 g/mol. The van der Waals surface area contributed by atoms with Crippen molar-refractivity contribution in [2.24, 2.45) is 0 Å². The fourth-order valence-electron chi connectivity index (χ4n) is 0.801. The van der Waals surface area contributed by atoms with Crippen LogP contribution in [0.5, 0.6) is 0 Å². The molecule has 0 bridgehead atoms. The molecule has 1 N–H and O–H groups in total. The molecule has 0 saturated carbocycles. The van der Waals surface area contributed by atoms with Gasteiger partial charge in [-0.1, -0.05) is 6.92 Å². The van der Waals surface area contributed by atoms with Gasteiger partial charge in [0.1, 0.15) is 0 Å². The third-order valence-electron chi connectivity index (χ3n) is 1.36. The zero-order valence-electron chi connectivity index (χ0n) is 7.46. The molecule has 4 nitrogen and oxygen atoms in total. The van der Waals surface area contributed by atoms with Gasteiger partial charge in [0.2, 0.25) is 10.0 Å². The summed E-state index contributed by atoms with van der Waals surface area (Å²) in [6.07, 6.45) is 1.84. The Morgan fingerprint density at radius 1 is 1.45 bits per heavy atom. The van der Waals surface area contributed by atoms with Crippen LogP contribution in [0.25, 0.3) is 0 Å². The second-order valence-electron chi connectivity index (χ2n) is 2.78. The molecule has 0 heterocycles. The molecule has 0 saturated heterocycles. The van der Waals surface area contributed by atoms with Gasteiger partial charge in [-0.2, -0.15) is 4.72 Å². The largest absolute Gasteiger partial charge is 0.293 e. The molecule has 0 spiro atoms. The van der Waals surface area contributed by atoms with Crippen LogP contribution in [0, 0.1) is 0 Å². The van der Waals surface area contributed by atoms with Crippen molar-refractivity contribution in [2.75, 3.05) is 20.4 Å². The molecule has 0 radical (unpaired) electrons. The fraction of sp³-hybridized carbons (Fsp3) is 1.00. The number of hydrogen-bond acceptors (Lipinski definition) is 3. The second kappa shape index (κ2) is 4.04. The molecule has 68 valence electrons. The molecule has 5 heteroatoms. The molecule has 0 aromatic carbocycles. The summed E-state index contributed by atoms with van der Waals surface area (Å²) in [5.41, 5.74) is 0. The molecule has 1 unspecified atom stereocenters. The Balaban J connectivity index is 4.10. The van der Waals surface area contributed by atoms with E-state index in [0.717, 1.165) is 6.42 Å². The molecule has 0 aliphatic rings. The first-order chi connectivity index (χ1) is 4.87. The van der Waals surface area contributed by atoms with Crippen molar-refractivity contribution in [3.05, 3.63) is 0 Å². The van der Waals surface area contributed by atoms with Gasteiger partial charge in [0.05, 0.1) is 12.4 Å². The summed E-state index contributed by atoms with van der Waals surface area (Å²) < 4.78 is 24.0. The summed E-state index contributed by atoms with van der Waals surface area (Å²) in [4.78, 5) is 1.83. The van der Waals surface area contributed by atoms with Gasteiger partial charge in [-0.3, -0.25) is 4.90 Å². The van der Waals surface area contributed by atoms with Gasteiger partial charge >= 0.3 is 0 Å². The van der Waals surface area contributed by atoms with Crippen molar-refractivity contribution in [3.63, 3.8) is 0 Å². The molecule has 0 aromatic heterocycles. The van der Waals surface area contributed by atoms with Crippen LogP contribution in [-0.2, 0) is 10.0 Å². The van der Waals surface area contributed by atoms with Gasteiger partial charge in [0.15, 0.2) is 0 Å². The standard InChI is InChI=1S/C6H16N2O2S/c1-5-6(8(2)3)7-11(4,9)10/h6-7H,5H2,1-4H3. The maximum absolute atomic E-state index is 10.8. The quantitative estimate of drug-likeness (QED) is 0.611. The van der Waals surface area contributed by atoms with Crippen LogP contribution in [0.4, 0.5) is 0 Å². The SMILES string of the molecule is CCC(NS(C)(=O)=O)N(C)C. The summed E-state index contributed by atoms with van der Waals surface area (Å²) in [6.45, 7) is 1.93. The lowest BCUT2D eigenvalue weighted by molar-refractivity contribution is 0.271. The Morgan fingerprint density at radius 3 is 2.00 bits per heavy atom. The Bertz CT molecular complexity index is 199. The van der Waals surface area contributed by atoms with Crippen molar-refractivity contribution < 1.29 is 8.42 Å². The lowest BCUT2D eigenvalue weighted by atomic mass is 10.4. The van der Waals surface area contributed by atoms with Crippen LogP contribution in [-0.4, -0.2) is 39.8 Å². The van der Waals surface area contributed by atoms with Gasteiger partial charge in [0.25, 0.3) is 0 Å². The average molecular weight is 180 g/mol. The number of sulfonamides is 1. The maximum Gasteiger partial charge on any atom is 0.210 e. The van der Waals surface area contributed by atoms with Crippen LogP contribution in [0.3, 0.4) is 0 Å². The molecule has 0 rings (SSSR count). The monoisotopic (exact) mass is 180 g/mol. The van der Waals surface area contributed by atoms with E-state index >= 15 is 0 Å². The van der Waals surface area contributed by atoms with E-state index in [2.05, 4.69) is 4.72 Å². The Hall–Kier alpha value is -0.130. The van der Waals surface area contributed by atoms with Gasteiger partial charge in [-0.05, 0) is 20.5 Å². The first-order valence-electron chi connectivity index (χ1n) is 3.50. The second-order valence-corrected chi connectivity index (χ2v) is 4.56. The topological polar surface area (TPSA) is 49.4 Å². The molecule has 1 atom stereocenters. The molecule has 11 heavy (non-hydrogen) atoms. The fourth-order valence-corrected chi connectivity index (χ4v) is 1.67. The highest BCUT2D eigenvalue weighted by Crippen LogP contribution is 1.95. The van der Waals surface area contributed by atoms with Gasteiger partial charge in [-0.25, -0.2) is 8.42 Å². The molecule has 0 aliphatic heterocycles. The predicted molar refractivity (Wildman–Crippen MR) is 45.7 cm³/mol. The molecular formula is C6H16N2O2S. The van der Waals surface area contributed by atoms with E-state index in [0.29, 0.717) is 0 Å². The highest BCUT2D eigenvalue weighted by atomic mass is 32.2. The Morgan fingerprint density at radius 2 is 1.91 bits per heavy atom. The molecule has 0 amide bonds. The van der Waals surface area contributed by atoms with E-state index in [4.69, 9.17) is 0 Å². The minimum absolute atomic E-state index is 0.0926. The molecule has 0 aromatic rings. The van der Waals surface area contributed by atoms with Crippen molar-refractivity contribution in [1.29, 1.82) is 0 Å². The summed E-state index contributed by atoms with van der Waals surface area (Å²) >= 11 is 0. The zero-order chi connectivity index (χ0) is 9.07. The zero-order valence-corrected chi connectivity index (χ0v) is 8.27. The smallest absolute Gasteiger partial charge is 0.210 e. The number of nitrogens with one attached hydrogen (secondary N) is 1. The van der Waals surface area contributed by atoms with Crippen LogP contribution < -0.4 is 4.72 Å². The van der Waals surface area contributed by atoms with Crippen LogP contribution in [0.1, 0.15) is 13.3 Å². The van der Waals surface area contributed by atoms with Gasteiger partial charge < -0.3 is 0 Å². The molecule has 0 aliphatic carbocycles. The summed E-state index contributed by atoms with van der Waals surface area (Å²) in [6, 6.07) is 0. The Kier molecular flexibility index (Phi) is 3.99. The Labute approximate surface area is 68.6 Å². The lowest BCUT2D eigenvalue weighted by Crippen LogP contribution is -2.43. The number of rotatable bonds is 4. The highest BCUT2D eigenvalue weighted by Gasteiger charge is 2.12. The third kappa shape index (κ3) is 5.17. The van der Waals surface area contributed by atoms with E-state index in [1.165, 1.54) is 6.26 Å². The normalized spacial score (nSPS) is 15.4. The first-order valence-corrected chi connectivity index (χ1v) is 5.39. The van der Waals surface area contributed by atoms with Crippen LogP contribution in [0.2, 0.25) is 0 Å². The van der Waals surface area contributed by atoms with E-state index in [1.807, 2.05) is 25.9 Å². The summed E-state index contributed by atoms with van der Waals surface area (Å²) in [5, 5.41) is 0. The maximum atomic E-state index is 10.8. The van der Waals surface area contributed by atoms with Gasteiger partial charge in [-0.15, -0.1) is 0 Å². The minimum Gasteiger partial charge on any atom is -0.293 e. The van der Waals surface area contributed by atoms with Crippen LogP contribution in [0.15, 0.2) is 0 Å². The lowest BCUT2D eigenvalue weighted by Gasteiger charge is -2.22.